The Balaban J connectivity index is 1.45. The predicted molar refractivity (Wildman–Crippen MR) is 102 cm³/mol. The molecule has 4 rings (SSSR count). The molecule has 27 heavy (non-hydrogen) atoms. The van der Waals surface area contributed by atoms with E-state index in [-0.39, 0.29) is 18.0 Å². The predicted octanol–water partition coefficient (Wildman–Crippen LogP) is 4.35. The lowest BCUT2D eigenvalue weighted by Crippen LogP contribution is -2.34. The van der Waals surface area contributed by atoms with Crippen LogP contribution in [0.4, 0.5) is 10.5 Å². The first-order chi connectivity index (χ1) is 13.1. The fourth-order valence-corrected chi connectivity index (χ4v) is 3.36. The summed E-state index contributed by atoms with van der Waals surface area (Å²) in [6, 6.07) is 11.3. The lowest BCUT2D eigenvalue weighted by Gasteiger charge is -2.23. The number of hydrogen-bond acceptors (Lipinski definition) is 4. The Morgan fingerprint density at radius 2 is 2.11 bits per heavy atom. The molecule has 2 aromatic heterocycles. The third kappa shape index (κ3) is 3.58. The number of amides is 2. The maximum Gasteiger partial charge on any atom is 0.322 e. The SMILES string of the molecule is CC(C)c1cc([C@@H]2CCCN2C(=O)Nc2ccc(-n3cccn3)cc2)no1. The van der Waals surface area contributed by atoms with Gasteiger partial charge in [0.05, 0.1) is 11.7 Å². The number of aromatic nitrogens is 3. The monoisotopic (exact) mass is 365 g/mol. The van der Waals surface area contributed by atoms with E-state index in [2.05, 4.69) is 29.4 Å². The molecule has 2 amide bonds. The fraction of sp³-hybridized carbons (Fsp3) is 0.350. The maximum absolute atomic E-state index is 12.8. The van der Waals surface area contributed by atoms with Gasteiger partial charge in [-0.15, -0.1) is 0 Å². The van der Waals surface area contributed by atoms with Gasteiger partial charge < -0.3 is 14.7 Å². The summed E-state index contributed by atoms with van der Waals surface area (Å²) in [4.78, 5) is 14.6. The summed E-state index contributed by atoms with van der Waals surface area (Å²) in [7, 11) is 0. The van der Waals surface area contributed by atoms with Gasteiger partial charge in [0.25, 0.3) is 0 Å². The summed E-state index contributed by atoms with van der Waals surface area (Å²) in [5.74, 6) is 1.13. The van der Waals surface area contributed by atoms with E-state index < -0.39 is 0 Å². The highest BCUT2D eigenvalue weighted by Gasteiger charge is 2.32. The van der Waals surface area contributed by atoms with E-state index in [0.717, 1.165) is 35.7 Å². The van der Waals surface area contributed by atoms with Crippen molar-refractivity contribution in [2.75, 3.05) is 11.9 Å². The van der Waals surface area contributed by atoms with Crippen LogP contribution in [-0.2, 0) is 0 Å². The van der Waals surface area contributed by atoms with Gasteiger partial charge in [0, 0.05) is 36.6 Å². The molecular formula is C20H23N5O2. The normalized spacial score (nSPS) is 16.9. The van der Waals surface area contributed by atoms with Crippen LogP contribution in [0.2, 0.25) is 0 Å². The minimum Gasteiger partial charge on any atom is -0.361 e. The molecule has 0 spiro atoms. The first-order valence-corrected chi connectivity index (χ1v) is 9.26. The molecule has 1 aliphatic rings. The second-order valence-corrected chi connectivity index (χ2v) is 7.09. The number of carbonyl (C=O) groups is 1. The zero-order chi connectivity index (χ0) is 18.8. The number of benzene rings is 1. The molecule has 140 valence electrons. The summed E-state index contributed by atoms with van der Waals surface area (Å²) in [6.45, 7) is 4.85. The van der Waals surface area contributed by atoms with Crippen molar-refractivity contribution in [3.63, 3.8) is 0 Å². The molecule has 0 aliphatic carbocycles. The molecule has 1 fully saturated rings. The van der Waals surface area contributed by atoms with Gasteiger partial charge >= 0.3 is 6.03 Å². The third-order valence-corrected chi connectivity index (χ3v) is 4.86. The van der Waals surface area contributed by atoms with Gasteiger partial charge in [-0.2, -0.15) is 5.10 Å². The number of rotatable bonds is 4. The summed E-state index contributed by atoms with van der Waals surface area (Å²) in [5.41, 5.74) is 2.53. The number of nitrogens with zero attached hydrogens (tertiary/aromatic N) is 4. The van der Waals surface area contributed by atoms with Crippen LogP contribution in [0, 0.1) is 0 Å². The topological polar surface area (TPSA) is 76.2 Å². The standard InChI is InChI=1S/C20H23N5O2/c1-14(2)19-13-17(23-27-19)18-5-3-11-24(18)20(26)22-15-6-8-16(9-7-15)25-12-4-10-21-25/h4,6-10,12-14,18H,3,5,11H2,1-2H3,(H,22,26)/t18-/m0/s1. The molecular weight excluding hydrogens is 342 g/mol. The molecule has 0 saturated carbocycles. The molecule has 3 heterocycles. The van der Waals surface area contributed by atoms with Crippen molar-refractivity contribution in [2.45, 2.75) is 38.6 Å². The molecule has 1 atom stereocenters. The number of anilines is 1. The highest BCUT2D eigenvalue weighted by Crippen LogP contribution is 2.33. The summed E-state index contributed by atoms with van der Waals surface area (Å²) < 4.78 is 7.19. The lowest BCUT2D eigenvalue weighted by atomic mass is 10.1. The number of likely N-dealkylation sites (tertiary alicyclic amines) is 1. The van der Waals surface area contributed by atoms with Crippen LogP contribution in [0.15, 0.2) is 53.3 Å². The van der Waals surface area contributed by atoms with Crippen LogP contribution < -0.4 is 5.32 Å². The average molecular weight is 365 g/mol. The summed E-state index contributed by atoms with van der Waals surface area (Å²) in [6.07, 6.45) is 5.47. The minimum atomic E-state index is -0.113. The molecule has 0 radical (unpaired) electrons. The van der Waals surface area contributed by atoms with Crippen LogP contribution >= 0.6 is 0 Å². The quantitative estimate of drug-likeness (QED) is 0.745. The highest BCUT2D eigenvalue weighted by molar-refractivity contribution is 5.89. The Morgan fingerprint density at radius 3 is 2.78 bits per heavy atom. The van der Waals surface area contributed by atoms with Crippen molar-refractivity contribution >= 4 is 11.7 Å². The van der Waals surface area contributed by atoms with Crippen LogP contribution in [0.5, 0.6) is 0 Å². The smallest absolute Gasteiger partial charge is 0.322 e. The number of nitrogens with one attached hydrogen (secondary N) is 1. The van der Waals surface area contributed by atoms with Crippen molar-refractivity contribution in [1.82, 2.24) is 19.8 Å². The van der Waals surface area contributed by atoms with Gasteiger partial charge in [0.2, 0.25) is 0 Å². The maximum atomic E-state index is 12.8. The van der Waals surface area contributed by atoms with Crippen molar-refractivity contribution < 1.29 is 9.32 Å². The van der Waals surface area contributed by atoms with Crippen molar-refractivity contribution in [3.05, 3.63) is 60.2 Å². The number of urea groups is 1. The van der Waals surface area contributed by atoms with Crippen LogP contribution in [0.25, 0.3) is 5.69 Å². The fourth-order valence-electron chi connectivity index (χ4n) is 3.36. The molecule has 1 N–H and O–H groups in total. The van der Waals surface area contributed by atoms with E-state index in [4.69, 9.17) is 4.52 Å². The number of hydrogen-bond donors (Lipinski definition) is 1. The molecule has 1 aliphatic heterocycles. The van der Waals surface area contributed by atoms with Gasteiger partial charge in [0.15, 0.2) is 0 Å². The first-order valence-electron chi connectivity index (χ1n) is 9.26. The molecule has 7 nitrogen and oxygen atoms in total. The van der Waals surface area contributed by atoms with Crippen molar-refractivity contribution in [3.8, 4) is 5.69 Å². The highest BCUT2D eigenvalue weighted by atomic mass is 16.5. The second-order valence-electron chi connectivity index (χ2n) is 7.09. The summed E-state index contributed by atoms with van der Waals surface area (Å²) >= 11 is 0. The van der Waals surface area contributed by atoms with E-state index in [1.165, 1.54) is 0 Å². The molecule has 0 unspecified atom stereocenters. The van der Waals surface area contributed by atoms with E-state index in [0.29, 0.717) is 6.54 Å². The Labute approximate surface area is 158 Å². The molecule has 3 aromatic rings. The van der Waals surface area contributed by atoms with Gasteiger partial charge in [-0.05, 0) is 43.2 Å². The first kappa shape index (κ1) is 17.3. The van der Waals surface area contributed by atoms with Crippen LogP contribution in [0.3, 0.4) is 0 Å². The van der Waals surface area contributed by atoms with Crippen molar-refractivity contribution in [2.24, 2.45) is 0 Å². The Kier molecular flexibility index (Phi) is 4.66. The summed E-state index contributed by atoms with van der Waals surface area (Å²) in [5, 5.41) is 11.4. The van der Waals surface area contributed by atoms with Crippen molar-refractivity contribution in [1.29, 1.82) is 0 Å². The Hall–Kier alpha value is -3.09. The van der Waals surface area contributed by atoms with E-state index in [1.54, 1.807) is 10.9 Å². The average Bonchev–Trinajstić information content (AvgIpc) is 3.42. The minimum absolute atomic E-state index is 0.0374. The lowest BCUT2D eigenvalue weighted by molar-refractivity contribution is 0.204. The van der Waals surface area contributed by atoms with Crippen LogP contribution in [0.1, 0.15) is 50.1 Å². The third-order valence-electron chi connectivity index (χ3n) is 4.86. The second kappa shape index (κ2) is 7.26. The Morgan fingerprint density at radius 1 is 1.30 bits per heavy atom. The van der Waals surface area contributed by atoms with Gasteiger partial charge in [-0.25, -0.2) is 9.48 Å². The van der Waals surface area contributed by atoms with Gasteiger partial charge in [-0.3, -0.25) is 0 Å². The molecule has 1 saturated heterocycles. The van der Waals surface area contributed by atoms with Gasteiger partial charge in [0.1, 0.15) is 11.5 Å². The number of carbonyl (C=O) groups excluding carboxylic acids is 1. The largest absolute Gasteiger partial charge is 0.361 e. The Bertz CT molecular complexity index is 899. The van der Waals surface area contributed by atoms with E-state index >= 15 is 0 Å². The van der Waals surface area contributed by atoms with Gasteiger partial charge in [-0.1, -0.05) is 19.0 Å². The zero-order valence-electron chi connectivity index (χ0n) is 15.5. The molecule has 0 bridgehead atoms. The van der Waals surface area contributed by atoms with Crippen LogP contribution in [-0.4, -0.2) is 32.4 Å². The van der Waals surface area contributed by atoms with E-state index in [1.807, 2.05) is 47.5 Å². The zero-order valence-corrected chi connectivity index (χ0v) is 15.5. The molecule has 1 aromatic carbocycles. The molecule has 7 heteroatoms. The van der Waals surface area contributed by atoms with E-state index in [9.17, 15) is 4.79 Å².